The Labute approximate surface area is 167 Å². The van der Waals surface area contributed by atoms with Crippen LogP contribution in [0.1, 0.15) is 11.1 Å². The van der Waals surface area contributed by atoms with E-state index in [9.17, 15) is 0 Å². The van der Waals surface area contributed by atoms with Gasteiger partial charge < -0.3 is 28.7 Å². The average Bonchev–Trinajstić information content (AvgIpc) is 2.75. The summed E-state index contributed by atoms with van der Waals surface area (Å²) in [5.74, 6) is 3.29. The Morgan fingerprint density at radius 2 is 1.11 bits per heavy atom. The summed E-state index contributed by atoms with van der Waals surface area (Å²) in [6.45, 7) is 6.47. The van der Waals surface area contributed by atoms with Crippen LogP contribution >= 0.6 is 0 Å². The minimum atomic E-state index is 0.698. The summed E-state index contributed by atoms with van der Waals surface area (Å²) in [4.78, 5) is 3.17. The van der Waals surface area contributed by atoms with Crippen molar-refractivity contribution in [3.63, 3.8) is 0 Å². The number of quaternary nitrogens is 2. The second-order valence-electron chi connectivity index (χ2n) is 7.18. The van der Waals surface area contributed by atoms with Crippen LogP contribution in [0.15, 0.2) is 36.4 Å². The molecule has 0 radical (unpaired) electrons. The largest absolute Gasteiger partial charge is 0.496 e. The van der Waals surface area contributed by atoms with Gasteiger partial charge in [0, 0.05) is 11.6 Å². The Balaban J connectivity index is 1.61. The fraction of sp³-hybridized carbons (Fsp3) is 0.455. The molecule has 1 heterocycles. The zero-order valence-electron chi connectivity index (χ0n) is 17.3. The SMILES string of the molecule is COc1ccccc1C[NH+]1CC[NH+](Cc2cc(OC)c(OC)cc2OC)CC1. The van der Waals surface area contributed by atoms with Gasteiger partial charge >= 0.3 is 0 Å². The zero-order chi connectivity index (χ0) is 19.9. The van der Waals surface area contributed by atoms with Gasteiger partial charge in [0.15, 0.2) is 11.5 Å². The highest BCUT2D eigenvalue weighted by Crippen LogP contribution is 2.34. The predicted molar refractivity (Wildman–Crippen MR) is 108 cm³/mol. The van der Waals surface area contributed by atoms with Crippen molar-refractivity contribution in [1.29, 1.82) is 0 Å². The number of hydrogen-bond acceptors (Lipinski definition) is 4. The highest BCUT2D eigenvalue weighted by molar-refractivity contribution is 5.50. The summed E-state index contributed by atoms with van der Waals surface area (Å²) in [5, 5.41) is 0. The van der Waals surface area contributed by atoms with E-state index in [1.165, 1.54) is 5.56 Å². The third kappa shape index (κ3) is 4.69. The van der Waals surface area contributed by atoms with E-state index in [0.29, 0.717) is 5.75 Å². The second-order valence-corrected chi connectivity index (χ2v) is 7.18. The molecule has 0 aromatic heterocycles. The molecule has 1 saturated heterocycles. The van der Waals surface area contributed by atoms with Crippen LogP contribution < -0.4 is 28.7 Å². The molecule has 2 N–H and O–H groups in total. The van der Waals surface area contributed by atoms with Crippen LogP contribution in [0.5, 0.6) is 23.0 Å². The number of para-hydroxylation sites is 1. The van der Waals surface area contributed by atoms with Crippen molar-refractivity contribution in [1.82, 2.24) is 0 Å². The monoisotopic (exact) mass is 388 g/mol. The standard InChI is InChI=1S/C22H30N2O4/c1-25-19-8-6-5-7-17(19)15-23-9-11-24(12-10-23)16-18-13-21(27-3)22(28-4)14-20(18)26-2/h5-8,13-14H,9-12,15-16H2,1-4H3/p+2. The minimum Gasteiger partial charge on any atom is -0.496 e. The number of hydrogen-bond donors (Lipinski definition) is 2. The first kappa shape index (κ1) is 20.3. The van der Waals surface area contributed by atoms with E-state index in [0.717, 1.165) is 62.1 Å². The molecule has 0 aliphatic carbocycles. The van der Waals surface area contributed by atoms with Crippen molar-refractivity contribution in [3.8, 4) is 23.0 Å². The van der Waals surface area contributed by atoms with Crippen LogP contribution in [0.25, 0.3) is 0 Å². The van der Waals surface area contributed by atoms with Gasteiger partial charge in [-0.3, -0.25) is 0 Å². The summed E-state index contributed by atoms with van der Waals surface area (Å²) in [6, 6.07) is 12.3. The molecule has 1 aliphatic heterocycles. The van der Waals surface area contributed by atoms with Gasteiger partial charge in [-0.25, -0.2) is 0 Å². The topological polar surface area (TPSA) is 45.8 Å². The molecule has 6 nitrogen and oxygen atoms in total. The third-order valence-electron chi connectivity index (χ3n) is 5.52. The van der Waals surface area contributed by atoms with E-state index in [1.807, 2.05) is 24.3 Å². The summed E-state index contributed by atoms with van der Waals surface area (Å²) in [7, 11) is 6.76. The molecule has 1 aliphatic rings. The van der Waals surface area contributed by atoms with Crippen molar-refractivity contribution in [2.75, 3.05) is 54.6 Å². The maximum Gasteiger partial charge on any atom is 0.164 e. The highest BCUT2D eigenvalue weighted by Gasteiger charge is 2.25. The van der Waals surface area contributed by atoms with Crippen molar-refractivity contribution in [2.24, 2.45) is 0 Å². The lowest BCUT2D eigenvalue weighted by molar-refractivity contribution is -1.02. The lowest BCUT2D eigenvalue weighted by atomic mass is 10.1. The molecule has 2 aromatic rings. The van der Waals surface area contributed by atoms with Crippen LogP contribution in [0, 0.1) is 0 Å². The Kier molecular flexibility index (Phi) is 7.01. The van der Waals surface area contributed by atoms with Gasteiger partial charge in [0.1, 0.15) is 50.8 Å². The number of piperazine rings is 1. The maximum absolute atomic E-state index is 5.59. The molecular weight excluding hydrogens is 356 g/mol. The molecule has 1 fully saturated rings. The normalized spacial score (nSPS) is 19.1. The molecule has 0 bridgehead atoms. The number of nitrogens with one attached hydrogen (secondary N) is 2. The molecule has 0 saturated carbocycles. The summed E-state index contributed by atoms with van der Waals surface area (Å²) in [5.41, 5.74) is 2.44. The molecule has 3 rings (SSSR count). The molecule has 28 heavy (non-hydrogen) atoms. The minimum absolute atomic E-state index is 0.698. The number of rotatable bonds is 8. The van der Waals surface area contributed by atoms with E-state index in [-0.39, 0.29) is 0 Å². The maximum atomic E-state index is 5.59. The lowest BCUT2D eigenvalue weighted by Gasteiger charge is -2.30. The van der Waals surface area contributed by atoms with E-state index in [2.05, 4.69) is 12.1 Å². The number of benzene rings is 2. The quantitative estimate of drug-likeness (QED) is 0.679. The fourth-order valence-corrected chi connectivity index (χ4v) is 3.93. The van der Waals surface area contributed by atoms with E-state index in [1.54, 1.807) is 38.2 Å². The summed E-state index contributed by atoms with van der Waals surface area (Å²) < 4.78 is 21.9. The molecule has 152 valence electrons. The van der Waals surface area contributed by atoms with Gasteiger partial charge in [-0.1, -0.05) is 12.1 Å². The van der Waals surface area contributed by atoms with Crippen LogP contribution in [0.3, 0.4) is 0 Å². The second kappa shape index (κ2) is 9.66. The summed E-state index contributed by atoms with van der Waals surface area (Å²) in [6.07, 6.45) is 0. The lowest BCUT2D eigenvalue weighted by Crippen LogP contribution is -3.27. The molecule has 6 heteroatoms. The van der Waals surface area contributed by atoms with E-state index < -0.39 is 0 Å². The Hall–Kier alpha value is -2.44. The van der Waals surface area contributed by atoms with Crippen LogP contribution in [0.2, 0.25) is 0 Å². The van der Waals surface area contributed by atoms with Crippen molar-refractivity contribution in [2.45, 2.75) is 13.1 Å². The van der Waals surface area contributed by atoms with Crippen LogP contribution in [0.4, 0.5) is 0 Å². The zero-order valence-corrected chi connectivity index (χ0v) is 17.3. The molecule has 2 aromatic carbocycles. The highest BCUT2D eigenvalue weighted by atomic mass is 16.5. The van der Waals surface area contributed by atoms with Crippen molar-refractivity contribution < 1.29 is 28.7 Å². The van der Waals surface area contributed by atoms with Crippen LogP contribution in [-0.4, -0.2) is 54.6 Å². The Morgan fingerprint density at radius 3 is 1.68 bits per heavy atom. The number of ether oxygens (including phenoxy) is 4. The molecular formula is C22H32N2O4+2. The Morgan fingerprint density at radius 1 is 0.607 bits per heavy atom. The first-order valence-electron chi connectivity index (χ1n) is 9.76. The van der Waals surface area contributed by atoms with Crippen molar-refractivity contribution in [3.05, 3.63) is 47.5 Å². The molecule has 0 amide bonds. The van der Waals surface area contributed by atoms with Crippen molar-refractivity contribution >= 4 is 0 Å². The first-order chi connectivity index (χ1) is 13.7. The van der Waals surface area contributed by atoms with Gasteiger partial charge in [0.05, 0.1) is 34.0 Å². The van der Waals surface area contributed by atoms with Gasteiger partial charge in [0.2, 0.25) is 0 Å². The van der Waals surface area contributed by atoms with Gasteiger partial charge in [-0.05, 0) is 18.2 Å². The fourth-order valence-electron chi connectivity index (χ4n) is 3.93. The van der Waals surface area contributed by atoms with E-state index in [4.69, 9.17) is 18.9 Å². The summed E-state index contributed by atoms with van der Waals surface area (Å²) >= 11 is 0. The average molecular weight is 389 g/mol. The predicted octanol–water partition coefficient (Wildman–Crippen LogP) is 0.205. The Bertz CT molecular complexity index is 773. The number of methoxy groups -OCH3 is 4. The smallest absolute Gasteiger partial charge is 0.164 e. The molecule has 0 atom stereocenters. The van der Waals surface area contributed by atoms with E-state index >= 15 is 0 Å². The van der Waals surface area contributed by atoms with Gasteiger partial charge in [0.25, 0.3) is 0 Å². The van der Waals surface area contributed by atoms with Gasteiger partial charge in [-0.15, -0.1) is 0 Å². The van der Waals surface area contributed by atoms with Gasteiger partial charge in [-0.2, -0.15) is 0 Å². The third-order valence-corrected chi connectivity index (χ3v) is 5.52. The molecule has 0 spiro atoms. The van der Waals surface area contributed by atoms with Crippen LogP contribution in [-0.2, 0) is 13.1 Å². The molecule has 0 unspecified atom stereocenters. The first-order valence-corrected chi connectivity index (χ1v) is 9.76.